The van der Waals surface area contributed by atoms with Crippen molar-refractivity contribution >= 4 is 28.1 Å². The number of alkyl halides is 3. The Labute approximate surface area is 201 Å². The SMILES string of the molecule is Cc1nc(N[C@H](C)c2cc(N)cc(C(F)(F)F)c2)c2cc3c(cc2n1)OCCN3C[C@@H]1CCOC1. The molecule has 0 amide bonds. The molecular formula is C25H28F3N5O2. The summed E-state index contributed by atoms with van der Waals surface area (Å²) >= 11 is 0. The van der Waals surface area contributed by atoms with Gasteiger partial charge in [0.25, 0.3) is 0 Å². The van der Waals surface area contributed by atoms with Gasteiger partial charge in [0.15, 0.2) is 0 Å². The van der Waals surface area contributed by atoms with Crippen LogP contribution in [0.2, 0.25) is 0 Å². The Kier molecular flexibility index (Phi) is 6.08. The number of halogens is 3. The van der Waals surface area contributed by atoms with E-state index in [1.165, 1.54) is 0 Å². The van der Waals surface area contributed by atoms with Gasteiger partial charge in [-0.05, 0) is 50.1 Å². The number of rotatable bonds is 5. The van der Waals surface area contributed by atoms with E-state index in [0.717, 1.165) is 61.7 Å². The summed E-state index contributed by atoms with van der Waals surface area (Å²) in [4.78, 5) is 11.5. The second-order valence-electron chi connectivity index (χ2n) is 9.23. The lowest BCUT2D eigenvalue weighted by atomic mass is 10.0. The van der Waals surface area contributed by atoms with Crippen molar-refractivity contribution in [3.8, 4) is 5.75 Å². The molecule has 0 radical (unpaired) electrons. The topological polar surface area (TPSA) is 85.5 Å². The molecule has 0 spiro atoms. The van der Waals surface area contributed by atoms with Crippen molar-refractivity contribution < 1.29 is 22.6 Å². The molecule has 0 saturated carbocycles. The van der Waals surface area contributed by atoms with Crippen LogP contribution < -0.4 is 20.7 Å². The summed E-state index contributed by atoms with van der Waals surface area (Å²) in [6.07, 6.45) is -3.44. The van der Waals surface area contributed by atoms with E-state index >= 15 is 0 Å². The maximum Gasteiger partial charge on any atom is 0.416 e. The molecule has 1 fully saturated rings. The van der Waals surface area contributed by atoms with Gasteiger partial charge in [-0.2, -0.15) is 13.2 Å². The lowest BCUT2D eigenvalue weighted by molar-refractivity contribution is -0.137. The Balaban J connectivity index is 1.50. The minimum Gasteiger partial charge on any atom is -0.489 e. The Bertz CT molecular complexity index is 1240. The van der Waals surface area contributed by atoms with Crippen LogP contribution >= 0.6 is 0 Å². The van der Waals surface area contributed by atoms with Gasteiger partial charge < -0.3 is 25.4 Å². The lowest BCUT2D eigenvalue weighted by Gasteiger charge is -2.33. The molecule has 3 aromatic rings. The van der Waals surface area contributed by atoms with E-state index in [4.69, 9.17) is 15.2 Å². The number of hydrogen-bond donors (Lipinski definition) is 2. The first-order valence-electron chi connectivity index (χ1n) is 11.7. The predicted molar refractivity (Wildman–Crippen MR) is 129 cm³/mol. The van der Waals surface area contributed by atoms with Crippen molar-refractivity contribution in [2.75, 3.05) is 48.9 Å². The molecule has 3 heterocycles. The number of ether oxygens (including phenoxy) is 2. The number of fused-ring (bicyclic) bond motifs is 2. The zero-order chi connectivity index (χ0) is 24.7. The van der Waals surface area contributed by atoms with Gasteiger partial charge in [-0.3, -0.25) is 0 Å². The fourth-order valence-corrected chi connectivity index (χ4v) is 4.73. The molecule has 0 aliphatic carbocycles. The monoisotopic (exact) mass is 487 g/mol. The van der Waals surface area contributed by atoms with Crippen LogP contribution in [0.4, 0.5) is 30.4 Å². The molecule has 0 unspecified atom stereocenters. The maximum atomic E-state index is 13.3. The van der Waals surface area contributed by atoms with Crippen molar-refractivity contribution in [3.63, 3.8) is 0 Å². The number of nitrogens with zero attached hydrogens (tertiary/aromatic N) is 3. The van der Waals surface area contributed by atoms with Crippen molar-refractivity contribution in [2.24, 2.45) is 5.92 Å². The number of aryl methyl sites for hydroxylation is 1. The van der Waals surface area contributed by atoms with Crippen LogP contribution in [0.1, 0.15) is 36.3 Å². The number of hydrogen-bond acceptors (Lipinski definition) is 7. The third kappa shape index (κ3) is 4.93. The normalized spacial score (nSPS) is 18.9. The summed E-state index contributed by atoms with van der Waals surface area (Å²) in [5, 5.41) is 4.07. The van der Waals surface area contributed by atoms with Gasteiger partial charge in [0.2, 0.25) is 0 Å². The molecule has 35 heavy (non-hydrogen) atoms. The molecule has 2 aromatic carbocycles. The Morgan fingerprint density at radius 2 is 2.00 bits per heavy atom. The second kappa shape index (κ2) is 9.07. The number of benzene rings is 2. The first-order valence-corrected chi connectivity index (χ1v) is 11.7. The van der Waals surface area contributed by atoms with Gasteiger partial charge in [0.1, 0.15) is 24.0 Å². The first-order chi connectivity index (χ1) is 16.7. The van der Waals surface area contributed by atoms with Gasteiger partial charge in [-0.15, -0.1) is 0 Å². The molecule has 7 nitrogen and oxygen atoms in total. The number of nitrogens with two attached hydrogens (primary N) is 1. The van der Waals surface area contributed by atoms with Crippen LogP contribution in [-0.2, 0) is 10.9 Å². The number of nitrogen functional groups attached to an aromatic ring is 1. The quantitative estimate of drug-likeness (QED) is 0.493. The van der Waals surface area contributed by atoms with Crippen molar-refractivity contribution in [3.05, 3.63) is 47.3 Å². The molecule has 0 bridgehead atoms. The number of aromatic nitrogens is 2. The fourth-order valence-electron chi connectivity index (χ4n) is 4.73. The summed E-state index contributed by atoms with van der Waals surface area (Å²) in [5.41, 5.74) is 7.15. The van der Waals surface area contributed by atoms with Crippen LogP contribution in [0, 0.1) is 12.8 Å². The highest BCUT2D eigenvalue weighted by Crippen LogP contribution is 2.39. The van der Waals surface area contributed by atoms with Gasteiger partial charge >= 0.3 is 6.18 Å². The second-order valence-corrected chi connectivity index (χ2v) is 9.23. The molecule has 1 aromatic heterocycles. The minimum absolute atomic E-state index is 0.0601. The van der Waals surface area contributed by atoms with E-state index in [1.54, 1.807) is 19.9 Å². The molecule has 10 heteroatoms. The molecule has 1 saturated heterocycles. The lowest BCUT2D eigenvalue weighted by Crippen LogP contribution is -2.36. The van der Waals surface area contributed by atoms with Crippen LogP contribution in [0.15, 0.2) is 30.3 Å². The van der Waals surface area contributed by atoms with Crippen LogP contribution in [0.3, 0.4) is 0 Å². The van der Waals surface area contributed by atoms with E-state index in [1.807, 2.05) is 12.1 Å². The molecule has 2 aliphatic rings. The summed E-state index contributed by atoms with van der Waals surface area (Å²) in [6, 6.07) is 7.05. The van der Waals surface area contributed by atoms with Gasteiger partial charge in [0.05, 0.1) is 36.0 Å². The molecule has 2 aliphatic heterocycles. The van der Waals surface area contributed by atoms with Gasteiger partial charge in [-0.1, -0.05) is 0 Å². The maximum absolute atomic E-state index is 13.3. The summed E-state index contributed by atoms with van der Waals surface area (Å²) < 4.78 is 51.4. The molecule has 186 valence electrons. The highest BCUT2D eigenvalue weighted by molar-refractivity contribution is 5.94. The van der Waals surface area contributed by atoms with Crippen LogP contribution in [-0.4, -0.2) is 42.9 Å². The predicted octanol–water partition coefficient (Wildman–Crippen LogP) is 4.95. The summed E-state index contributed by atoms with van der Waals surface area (Å²) in [6.45, 7) is 7.35. The zero-order valence-electron chi connectivity index (χ0n) is 19.7. The number of nitrogens with one attached hydrogen (secondary N) is 1. The van der Waals surface area contributed by atoms with Crippen molar-refractivity contribution in [1.82, 2.24) is 9.97 Å². The molecular weight excluding hydrogens is 459 g/mol. The molecule has 2 atom stereocenters. The average molecular weight is 488 g/mol. The standard InChI is InChI=1S/C25H28F3N5O2/c1-14(17-7-18(25(26,27)28)9-19(29)8-17)30-24-20-10-22-23(11-21(20)31-15(2)32-24)35-6-4-33(22)12-16-3-5-34-13-16/h7-11,14,16H,3-6,12-13,29H2,1-2H3,(H,30,31,32)/t14-,16+/m1/s1. The largest absolute Gasteiger partial charge is 0.489 e. The average Bonchev–Trinajstić information content (AvgIpc) is 3.30. The van der Waals surface area contributed by atoms with Crippen molar-refractivity contribution in [1.29, 1.82) is 0 Å². The Morgan fingerprint density at radius 3 is 2.74 bits per heavy atom. The smallest absolute Gasteiger partial charge is 0.416 e. The van der Waals surface area contributed by atoms with Crippen LogP contribution in [0.5, 0.6) is 5.75 Å². The third-order valence-corrected chi connectivity index (χ3v) is 6.51. The fraction of sp³-hybridized carbons (Fsp3) is 0.440. The number of anilines is 3. The van der Waals surface area contributed by atoms with E-state index in [2.05, 4.69) is 20.2 Å². The van der Waals surface area contributed by atoms with Crippen LogP contribution in [0.25, 0.3) is 10.9 Å². The Hall–Kier alpha value is -3.27. The van der Waals surface area contributed by atoms with E-state index < -0.39 is 17.8 Å². The molecule has 5 rings (SSSR count). The van der Waals surface area contributed by atoms with Crippen molar-refractivity contribution in [2.45, 2.75) is 32.5 Å². The van der Waals surface area contributed by atoms with Gasteiger partial charge in [-0.25, -0.2) is 9.97 Å². The highest BCUT2D eigenvalue weighted by atomic mass is 19.4. The summed E-state index contributed by atoms with van der Waals surface area (Å²) in [5.74, 6) is 2.33. The summed E-state index contributed by atoms with van der Waals surface area (Å²) in [7, 11) is 0. The Morgan fingerprint density at radius 1 is 1.17 bits per heavy atom. The first kappa shape index (κ1) is 23.5. The highest BCUT2D eigenvalue weighted by Gasteiger charge is 2.31. The van der Waals surface area contributed by atoms with E-state index in [-0.39, 0.29) is 5.69 Å². The minimum atomic E-state index is -4.48. The zero-order valence-corrected chi connectivity index (χ0v) is 19.7. The van der Waals surface area contributed by atoms with Gasteiger partial charge in [0, 0.05) is 36.2 Å². The molecule has 3 N–H and O–H groups in total. The third-order valence-electron chi connectivity index (χ3n) is 6.51. The van der Waals surface area contributed by atoms with E-state index in [9.17, 15) is 13.2 Å². The van der Waals surface area contributed by atoms with E-state index in [0.29, 0.717) is 35.2 Å².